The van der Waals surface area contributed by atoms with Gasteiger partial charge >= 0.3 is 0 Å². The molecule has 4 aromatic rings. The second-order valence-electron chi connectivity index (χ2n) is 8.56. The zero-order valence-corrected chi connectivity index (χ0v) is 19.7. The second-order valence-corrected chi connectivity index (χ2v) is 10.4. The number of nitrogens with zero attached hydrogens (tertiary/aromatic N) is 2. The molecular weight excluding hydrogens is 464 g/mol. The molecule has 0 aliphatic carbocycles. The lowest BCUT2D eigenvalue weighted by molar-refractivity contribution is -0.384. The first kappa shape index (κ1) is 22.7. The van der Waals surface area contributed by atoms with E-state index in [9.17, 15) is 23.3 Å². The maximum Gasteiger partial charge on any atom is 0.269 e. The number of carbonyl (C=O) groups is 1. The van der Waals surface area contributed by atoms with Crippen molar-refractivity contribution in [2.75, 3.05) is 0 Å². The van der Waals surface area contributed by atoms with Gasteiger partial charge in [0.05, 0.1) is 15.9 Å². The third-order valence-electron chi connectivity index (χ3n) is 6.82. The minimum atomic E-state index is -4.27. The van der Waals surface area contributed by atoms with Gasteiger partial charge in [0, 0.05) is 12.1 Å². The van der Waals surface area contributed by atoms with Crippen molar-refractivity contribution < 1.29 is 18.1 Å². The number of non-ortho nitro benzene ring substituents is 1. The number of hydrogen-bond acceptors (Lipinski definition) is 5. The quantitative estimate of drug-likeness (QED) is 0.207. The normalized spacial score (nSPS) is 20.0. The molecule has 0 unspecified atom stereocenters. The monoisotopic (exact) mass is 486 g/mol. The average molecular weight is 487 g/mol. The van der Waals surface area contributed by atoms with E-state index in [1.807, 2.05) is 79.7 Å². The standard InChI is InChI=1S/C27H22N2O5S/c1-2-27(22-10-4-3-5-11-22)25(21-13-12-19-8-6-7-9-20(19)18-21)28(26(27)30)35(33,34)24-16-14-23(15-17-24)29(31)32/h3-18,25H,2H2,1H3/t25-,27-/m0/s1. The summed E-state index contributed by atoms with van der Waals surface area (Å²) >= 11 is 0. The molecule has 1 aliphatic rings. The van der Waals surface area contributed by atoms with E-state index >= 15 is 0 Å². The van der Waals surface area contributed by atoms with Crippen molar-refractivity contribution in [3.8, 4) is 0 Å². The van der Waals surface area contributed by atoms with Crippen LogP contribution >= 0.6 is 0 Å². The summed E-state index contributed by atoms with van der Waals surface area (Å²) < 4.78 is 28.4. The third-order valence-corrected chi connectivity index (χ3v) is 8.59. The molecule has 1 heterocycles. The fourth-order valence-corrected chi connectivity index (χ4v) is 6.70. The molecule has 0 bridgehead atoms. The van der Waals surface area contributed by atoms with Gasteiger partial charge in [-0.3, -0.25) is 14.9 Å². The van der Waals surface area contributed by atoms with E-state index in [-0.39, 0.29) is 10.6 Å². The molecule has 2 atom stereocenters. The van der Waals surface area contributed by atoms with E-state index in [2.05, 4.69) is 0 Å². The zero-order chi connectivity index (χ0) is 24.8. The summed E-state index contributed by atoms with van der Waals surface area (Å²) in [5.41, 5.74) is 0.176. The van der Waals surface area contributed by atoms with Crippen LogP contribution in [0.5, 0.6) is 0 Å². The van der Waals surface area contributed by atoms with E-state index in [1.165, 1.54) is 12.1 Å². The molecule has 0 saturated carbocycles. The van der Waals surface area contributed by atoms with Crippen LogP contribution in [0.4, 0.5) is 5.69 Å². The first-order valence-corrected chi connectivity index (χ1v) is 12.6. The maximum atomic E-state index is 13.8. The van der Waals surface area contributed by atoms with Gasteiger partial charge in [-0.2, -0.15) is 0 Å². The van der Waals surface area contributed by atoms with Crippen molar-refractivity contribution in [1.82, 2.24) is 4.31 Å². The van der Waals surface area contributed by atoms with Crippen LogP contribution in [0.1, 0.15) is 30.5 Å². The van der Waals surface area contributed by atoms with Crippen LogP contribution < -0.4 is 0 Å². The zero-order valence-electron chi connectivity index (χ0n) is 18.9. The van der Waals surface area contributed by atoms with Crippen LogP contribution in [0.3, 0.4) is 0 Å². The summed E-state index contributed by atoms with van der Waals surface area (Å²) in [7, 11) is -4.27. The van der Waals surface area contributed by atoms with Crippen LogP contribution in [0.2, 0.25) is 0 Å². The van der Waals surface area contributed by atoms with Crippen molar-refractivity contribution in [2.24, 2.45) is 0 Å². The molecule has 0 aromatic heterocycles. The second kappa shape index (κ2) is 8.32. The van der Waals surface area contributed by atoms with Crippen LogP contribution in [-0.2, 0) is 20.2 Å². The Morgan fingerprint density at radius 1 is 0.886 bits per heavy atom. The lowest BCUT2D eigenvalue weighted by atomic mass is 9.63. The van der Waals surface area contributed by atoms with Gasteiger partial charge in [0.1, 0.15) is 5.41 Å². The lowest BCUT2D eigenvalue weighted by Crippen LogP contribution is -2.67. The van der Waals surface area contributed by atoms with Crippen molar-refractivity contribution in [2.45, 2.75) is 29.7 Å². The van der Waals surface area contributed by atoms with Gasteiger partial charge in [-0.05, 0) is 46.5 Å². The minimum Gasteiger partial charge on any atom is -0.273 e. The van der Waals surface area contributed by atoms with Gasteiger partial charge in [0.15, 0.2) is 0 Å². The van der Waals surface area contributed by atoms with Crippen LogP contribution in [0.25, 0.3) is 10.8 Å². The minimum absolute atomic E-state index is 0.167. The highest BCUT2D eigenvalue weighted by Crippen LogP contribution is 2.56. The number of carbonyl (C=O) groups excluding carboxylic acids is 1. The van der Waals surface area contributed by atoms with Crippen molar-refractivity contribution in [3.05, 3.63) is 118 Å². The average Bonchev–Trinajstić information content (AvgIpc) is 2.88. The SMILES string of the molecule is CC[C@@]1(c2ccccc2)C(=O)N(S(=O)(=O)c2ccc([N+](=O)[O-])cc2)[C@H]1c1ccc2ccccc2c1. The van der Waals surface area contributed by atoms with Crippen molar-refractivity contribution in [3.63, 3.8) is 0 Å². The molecule has 1 fully saturated rings. The lowest BCUT2D eigenvalue weighted by Gasteiger charge is -2.55. The number of β-lactam (4-membered cyclic amide) rings is 1. The van der Waals surface area contributed by atoms with E-state index in [4.69, 9.17) is 0 Å². The number of benzene rings is 4. The molecule has 1 amide bonds. The summed E-state index contributed by atoms with van der Waals surface area (Å²) in [4.78, 5) is 24.1. The summed E-state index contributed by atoms with van der Waals surface area (Å²) in [5, 5.41) is 13.0. The molecule has 176 valence electrons. The number of fused-ring (bicyclic) bond motifs is 1. The summed E-state index contributed by atoms with van der Waals surface area (Å²) in [6.07, 6.45) is 0.402. The van der Waals surface area contributed by atoms with Gasteiger partial charge in [0.2, 0.25) is 5.91 Å². The van der Waals surface area contributed by atoms with Gasteiger partial charge < -0.3 is 0 Å². The number of sulfonamides is 1. The molecule has 35 heavy (non-hydrogen) atoms. The Labute approximate surface area is 202 Å². The van der Waals surface area contributed by atoms with Gasteiger partial charge in [-0.25, -0.2) is 12.7 Å². The molecule has 4 aromatic carbocycles. The molecule has 5 rings (SSSR count). The van der Waals surface area contributed by atoms with E-state index in [0.29, 0.717) is 12.0 Å². The molecule has 7 nitrogen and oxygen atoms in total. The Bertz CT molecular complexity index is 1550. The fourth-order valence-electron chi connectivity index (χ4n) is 5.03. The van der Waals surface area contributed by atoms with E-state index in [0.717, 1.165) is 32.8 Å². The highest BCUT2D eigenvalue weighted by Gasteiger charge is 2.65. The predicted molar refractivity (Wildman–Crippen MR) is 132 cm³/mol. The molecule has 0 spiro atoms. The Balaban J connectivity index is 1.69. The topological polar surface area (TPSA) is 97.6 Å². The smallest absolute Gasteiger partial charge is 0.269 e. The van der Waals surface area contributed by atoms with Gasteiger partial charge in [-0.1, -0.05) is 73.7 Å². The predicted octanol–water partition coefficient (Wildman–Crippen LogP) is 5.37. The van der Waals surface area contributed by atoms with Gasteiger partial charge in [-0.15, -0.1) is 0 Å². The Morgan fingerprint density at radius 2 is 1.51 bits per heavy atom. The van der Waals surface area contributed by atoms with Crippen molar-refractivity contribution >= 4 is 32.4 Å². The first-order valence-electron chi connectivity index (χ1n) is 11.2. The van der Waals surface area contributed by atoms with Crippen LogP contribution in [-0.4, -0.2) is 23.6 Å². The largest absolute Gasteiger partial charge is 0.273 e. The molecule has 1 saturated heterocycles. The third kappa shape index (κ3) is 3.40. The molecule has 0 N–H and O–H groups in total. The summed E-state index contributed by atoms with van der Waals surface area (Å²) in [6, 6.07) is 26.6. The fraction of sp³-hybridized carbons (Fsp3) is 0.148. The van der Waals surface area contributed by atoms with Crippen LogP contribution in [0, 0.1) is 10.1 Å². The summed E-state index contributed by atoms with van der Waals surface area (Å²) in [5.74, 6) is -0.511. The number of hydrogen-bond donors (Lipinski definition) is 0. The van der Waals surface area contributed by atoms with Gasteiger partial charge in [0.25, 0.3) is 15.7 Å². The molecule has 0 radical (unpaired) electrons. The molecule has 8 heteroatoms. The number of nitro groups is 1. The van der Waals surface area contributed by atoms with Crippen molar-refractivity contribution in [1.29, 1.82) is 0 Å². The van der Waals surface area contributed by atoms with E-state index in [1.54, 1.807) is 0 Å². The first-order chi connectivity index (χ1) is 16.8. The number of amides is 1. The molecular formula is C27H22N2O5S. The Morgan fingerprint density at radius 3 is 2.14 bits per heavy atom. The summed E-state index contributed by atoms with van der Waals surface area (Å²) in [6.45, 7) is 1.88. The highest BCUT2D eigenvalue weighted by atomic mass is 32.2. The number of nitro benzene ring substituents is 1. The Hall–Kier alpha value is -4.04. The maximum absolute atomic E-state index is 13.8. The van der Waals surface area contributed by atoms with E-state index < -0.39 is 32.3 Å². The molecule has 1 aliphatic heterocycles. The number of rotatable bonds is 6. The Kier molecular flexibility index (Phi) is 5.40. The van der Waals surface area contributed by atoms with Crippen LogP contribution in [0.15, 0.2) is 102 Å². The highest BCUT2D eigenvalue weighted by molar-refractivity contribution is 7.89.